The summed E-state index contributed by atoms with van der Waals surface area (Å²) in [6.45, 7) is 6.27. The summed E-state index contributed by atoms with van der Waals surface area (Å²) in [5.74, 6) is 0. The Hall–Kier alpha value is 0.140. The molecule has 1 aromatic heterocycles. The van der Waals surface area contributed by atoms with E-state index >= 15 is 0 Å². The second kappa shape index (κ2) is 9.11. The van der Waals surface area contributed by atoms with Crippen molar-refractivity contribution >= 4 is 27.3 Å². The molecular formula is C15H25BrOS. The van der Waals surface area contributed by atoms with Gasteiger partial charge in [-0.15, -0.1) is 11.3 Å². The third kappa shape index (κ3) is 5.41. The molecule has 1 rings (SSSR count). The van der Waals surface area contributed by atoms with Crippen LogP contribution in [0.25, 0.3) is 0 Å². The number of rotatable bonds is 10. The molecule has 0 atom stereocenters. The average molecular weight is 333 g/mol. The standard InChI is InChI=1S/C15H25BrOS/c1-3-8-15(12-16,9-4-2)13-17-10-7-14-6-5-11-18-14/h5-6,11H,3-4,7-10,12-13H2,1-2H3. The van der Waals surface area contributed by atoms with E-state index in [1.54, 1.807) is 0 Å². The van der Waals surface area contributed by atoms with Gasteiger partial charge in [-0.05, 0) is 24.3 Å². The van der Waals surface area contributed by atoms with E-state index < -0.39 is 0 Å². The fourth-order valence-corrected chi connectivity index (χ4v) is 3.83. The first-order valence-electron chi connectivity index (χ1n) is 6.92. The smallest absolute Gasteiger partial charge is 0.0530 e. The third-order valence-electron chi connectivity index (χ3n) is 3.33. The van der Waals surface area contributed by atoms with E-state index in [1.807, 2.05) is 11.3 Å². The number of alkyl halides is 1. The summed E-state index contributed by atoms with van der Waals surface area (Å²) < 4.78 is 5.95. The number of hydrogen-bond donors (Lipinski definition) is 0. The molecular weight excluding hydrogens is 308 g/mol. The summed E-state index contributed by atoms with van der Waals surface area (Å²) in [5.41, 5.74) is 0.346. The Balaban J connectivity index is 2.32. The van der Waals surface area contributed by atoms with Crippen molar-refractivity contribution in [2.75, 3.05) is 18.5 Å². The molecule has 0 radical (unpaired) electrons. The number of ether oxygens (including phenoxy) is 1. The van der Waals surface area contributed by atoms with Crippen molar-refractivity contribution in [3.8, 4) is 0 Å². The van der Waals surface area contributed by atoms with Crippen LogP contribution in [0.5, 0.6) is 0 Å². The Labute approximate surface area is 124 Å². The highest BCUT2D eigenvalue weighted by atomic mass is 79.9. The van der Waals surface area contributed by atoms with Gasteiger partial charge in [0.2, 0.25) is 0 Å². The van der Waals surface area contributed by atoms with Crippen molar-refractivity contribution in [3.63, 3.8) is 0 Å². The predicted octanol–water partition coefficient (Wildman–Crippen LogP) is 5.29. The molecule has 0 bridgehead atoms. The summed E-state index contributed by atoms with van der Waals surface area (Å²) in [6, 6.07) is 4.29. The molecule has 0 saturated heterocycles. The molecule has 3 heteroatoms. The zero-order valence-electron chi connectivity index (χ0n) is 11.6. The second-order valence-electron chi connectivity index (χ2n) is 5.02. The van der Waals surface area contributed by atoms with Gasteiger partial charge in [0.1, 0.15) is 0 Å². The summed E-state index contributed by atoms with van der Waals surface area (Å²) in [5, 5.41) is 3.19. The summed E-state index contributed by atoms with van der Waals surface area (Å²) in [7, 11) is 0. The quantitative estimate of drug-likeness (QED) is 0.418. The van der Waals surface area contributed by atoms with Crippen LogP contribution in [-0.4, -0.2) is 18.5 Å². The van der Waals surface area contributed by atoms with Gasteiger partial charge in [-0.1, -0.05) is 48.7 Å². The van der Waals surface area contributed by atoms with Crippen molar-refractivity contribution in [1.29, 1.82) is 0 Å². The lowest BCUT2D eigenvalue weighted by Crippen LogP contribution is -2.29. The maximum Gasteiger partial charge on any atom is 0.0530 e. The van der Waals surface area contributed by atoms with Crippen LogP contribution < -0.4 is 0 Å². The average Bonchev–Trinajstić information content (AvgIpc) is 2.88. The fourth-order valence-electron chi connectivity index (χ4n) is 2.42. The first kappa shape index (κ1) is 16.2. The van der Waals surface area contributed by atoms with E-state index in [9.17, 15) is 0 Å². The largest absolute Gasteiger partial charge is 0.380 e. The Kier molecular flexibility index (Phi) is 8.20. The molecule has 0 fully saturated rings. The van der Waals surface area contributed by atoms with Gasteiger partial charge in [-0.3, -0.25) is 0 Å². The highest BCUT2D eigenvalue weighted by molar-refractivity contribution is 9.09. The van der Waals surface area contributed by atoms with Crippen molar-refractivity contribution < 1.29 is 4.74 Å². The molecule has 1 aromatic rings. The van der Waals surface area contributed by atoms with E-state index in [0.29, 0.717) is 5.41 Å². The number of thiophene rings is 1. The SMILES string of the molecule is CCCC(CBr)(CCC)COCCc1cccs1. The Morgan fingerprint density at radius 1 is 1.28 bits per heavy atom. The van der Waals surface area contributed by atoms with Crippen LogP contribution >= 0.6 is 27.3 Å². The summed E-state index contributed by atoms with van der Waals surface area (Å²) in [6.07, 6.45) is 6.03. The number of hydrogen-bond acceptors (Lipinski definition) is 2. The second-order valence-corrected chi connectivity index (χ2v) is 6.61. The van der Waals surface area contributed by atoms with Gasteiger partial charge >= 0.3 is 0 Å². The van der Waals surface area contributed by atoms with Gasteiger partial charge in [-0.2, -0.15) is 0 Å². The van der Waals surface area contributed by atoms with Crippen molar-refractivity contribution in [3.05, 3.63) is 22.4 Å². The molecule has 0 aromatic carbocycles. The lowest BCUT2D eigenvalue weighted by Gasteiger charge is -2.31. The highest BCUT2D eigenvalue weighted by Crippen LogP contribution is 2.32. The Bertz CT molecular complexity index is 291. The van der Waals surface area contributed by atoms with E-state index in [-0.39, 0.29) is 0 Å². The zero-order chi connectivity index (χ0) is 13.3. The Morgan fingerprint density at radius 2 is 2.00 bits per heavy atom. The first-order chi connectivity index (χ1) is 8.76. The fraction of sp³-hybridized carbons (Fsp3) is 0.733. The van der Waals surface area contributed by atoms with E-state index in [4.69, 9.17) is 4.74 Å². The molecule has 1 heterocycles. The Morgan fingerprint density at radius 3 is 2.50 bits per heavy atom. The van der Waals surface area contributed by atoms with Gasteiger partial charge in [0.15, 0.2) is 0 Å². The minimum Gasteiger partial charge on any atom is -0.380 e. The first-order valence-corrected chi connectivity index (χ1v) is 8.92. The maximum absolute atomic E-state index is 5.95. The molecule has 0 unspecified atom stereocenters. The molecule has 18 heavy (non-hydrogen) atoms. The van der Waals surface area contributed by atoms with E-state index in [2.05, 4.69) is 47.3 Å². The molecule has 0 saturated carbocycles. The van der Waals surface area contributed by atoms with E-state index in [0.717, 1.165) is 25.0 Å². The maximum atomic E-state index is 5.95. The third-order valence-corrected chi connectivity index (χ3v) is 5.45. The van der Waals surface area contributed by atoms with E-state index in [1.165, 1.54) is 30.6 Å². The minimum atomic E-state index is 0.346. The lowest BCUT2D eigenvalue weighted by atomic mass is 9.82. The predicted molar refractivity (Wildman–Crippen MR) is 84.9 cm³/mol. The summed E-state index contributed by atoms with van der Waals surface area (Å²) >= 11 is 5.51. The molecule has 0 spiro atoms. The van der Waals surface area contributed by atoms with Crippen LogP contribution in [0.2, 0.25) is 0 Å². The van der Waals surface area contributed by atoms with Crippen molar-refractivity contribution in [2.45, 2.75) is 46.0 Å². The van der Waals surface area contributed by atoms with Crippen molar-refractivity contribution in [2.24, 2.45) is 5.41 Å². The van der Waals surface area contributed by atoms with Gasteiger partial charge < -0.3 is 4.74 Å². The lowest BCUT2D eigenvalue weighted by molar-refractivity contribution is 0.0474. The molecule has 0 amide bonds. The molecule has 1 nitrogen and oxygen atoms in total. The molecule has 0 aliphatic heterocycles. The minimum absolute atomic E-state index is 0.346. The molecule has 0 aliphatic carbocycles. The topological polar surface area (TPSA) is 9.23 Å². The molecule has 0 aliphatic rings. The van der Waals surface area contributed by atoms with Crippen molar-refractivity contribution in [1.82, 2.24) is 0 Å². The van der Waals surface area contributed by atoms with Crippen LogP contribution in [0.3, 0.4) is 0 Å². The normalized spacial score (nSPS) is 11.9. The van der Waals surface area contributed by atoms with Gasteiger partial charge in [-0.25, -0.2) is 0 Å². The van der Waals surface area contributed by atoms with Crippen LogP contribution in [-0.2, 0) is 11.2 Å². The van der Waals surface area contributed by atoms with Crippen LogP contribution in [0, 0.1) is 5.41 Å². The highest BCUT2D eigenvalue weighted by Gasteiger charge is 2.27. The molecule has 0 N–H and O–H groups in total. The van der Waals surface area contributed by atoms with Crippen LogP contribution in [0.15, 0.2) is 17.5 Å². The van der Waals surface area contributed by atoms with Crippen LogP contribution in [0.4, 0.5) is 0 Å². The number of halogens is 1. The monoisotopic (exact) mass is 332 g/mol. The van der Waals surface area contributed by atoms with Gasteiger partial charge in [0, 0.05) is 22.0 Å². The van der Waals surface area contributed by atoms with Gasteiger partial charge in [0.05, 0.1) is 13.2 Å². The van der Waals surface area contributed by atoms with Gasteiger partial charge in [0.25, 0.3) is 0 Å². The molecule has 104 valence electrons. The van der Waals surface area contributed by atoms with Crippen LogP contribution in [0.1, 0.15) is 44.4 Å². The summed E-state index contributed by atoms with van der Waals surface area (Å²) in [4.78, 5) is 1.42. The zero-order valence-corrected chi connectivity index (χ0v) is 14.0.